The number of ether oxygens (including phenoxy) is 2. The molecule has 146 valence electrons. The molecule has 0 aliphatic carbocycles. The highest BCUT2D eigenvalue weighted by Crippen LogP contribution is 2.40. The lowest BCUT2D eigenvalue weighted by Gasteiger charge is -2.30. The molecule has 3 atom stereocenters. The van der Waals surface area contributed by atoms with Gasteiger partial charge in [-0.15, -0.1) is 0 Å². The molecule has 0 radical (unpaired) electrons. The molecule has 0 spiro atoms. The van der Waals surface area contributed by atoms with E-state index in [0.717, 1.165) is 25.9 Å². The number of hydrogen-bond donors (Lipinski definition) is 0. The summed E-state index contributed by atoms with van der Waals surface area (Å²) in [4.78, 5) is 17.0. The van der Waals surface area contributed by atoms with Crippen LogP contribution in [0.1, 0.15) is 32.0 Å². The summed E-state index contributed by atoms with van der Waals surface area (Å²) >= 11 is 0. The van der Waals surface area contributed by atoms with E-state index in [-0.39, 0.29) is 17.4 Å². The Labute approximate surface area is 158 Å². The van der Waals surface area contributed by atoms with Crippen molar-refractivity contribution in [1.82, 2.24) is 19.9 Å². The zero-order valence-corrected chi connectivity index (χ0v) is 15.6. The number of alkyl halides is 1. The molecular weight excluding hydrogens is 351 g/mol. The average Bonchev–Trinajstić information content (AvgIpc) is 3.08. The summed E-state index contributed by atoms with van der Waals surface area (Å²) in [5.41, 5.74) is -0.274. The first-order chi connectivity index (χ1) is 13.1. The molecule has 3 saturated heterocycles. The molecule has 0 bridgehead atoms. The van der Waals surface area contributed by atoms with Gasteiger partial charge in [0.15, 0.2) is 0 Å². The molecular formula is C18H25FN6O2. The van der Waals surface area contributed by atoms with Crippen LogP contribution >= 0.6 is 0 Å². The van der Waals surface area contributed by atoms with Gasteiger partial charge in [-0.05, 0) is 25.3 Å². The van der Waals surface area contributed by atoms with Crippen LogP contribution in [0, 0.1) is 17.2 Å². The highest BCUT2D eigenvalue weighted by molar-refractivity contribution is 5.33. The van der Waals surface area contributed by atoms with Gasteiger partial charge in [0.05, 0.1) is 18.8 Å². The second-order valence-electron chi connectivity index (χ2n) is 7.84. The lowest BCUT2D eigenvalue weighted by molar-refractivity contribution is 0.107. The van der Waals surface area contributed by atoms with Crippen LogP contribution in [0.5, 0.6) is 6.01 Å². The normalized spacial score (nSPS) is 31.4. The molecule has 1 unspecified atom stereocenters. The van der Waals surface area contributed by atoms with Gasteiger partial charge >= 0.3 is 6.01 Å². The first kappa shape index (κ1) is 18.3. The fourth-order valence-corrected chi connectivity index (χ4v) is 4.41. The van der Waals surface area contributed by atoms with Crippen molar-refractivity contribution < 1.29 is 13.9 Å². The minimum absolute atomic E-state index is 0.0309. The van der Waals surface area contributed by atoms with Crippen molar-refractivity contribution in [2.24, 2.45) is 5.92 Å². The van der Waals surface area contributed by atoms with Gasteiger partial charge in [-0.25, -0.2) is 4.39 Å². The predicted octanol–water partition coefficient (Wildman–Crippen LogP) is 1.17. The highest BCUT2D eigenvalue weighted by atomic mass is 19.1. The maximum Gasteiger partial charge on any atom is 0.322 e. The van der Waals surface area contributed by atoms with Crippen LogP contribution < -0.4 is 9.64 Å². The summed E-state index contributed by atoms with van der Waals surface area (Å²) in [6.07, 6.45) is 1.64. The molecule has 4 heterocycles. The first-order valence-electron chi connectivity index (χ1n) is 9.59. The van der Waals surface area contributed by atoms with E-state index in [1.807, 2.05) is 11.0 Å². The molecule has 27 heavy (non-hydrogen) atoms. The number of nitriles is 1. The van der Waals surface area contributed by atoms with Crippen molar-refractivity contribution in [2.45, 2.75) is 37.9 Å². The summed E-state index contributed by atoms with van der Waals surface area (Å²) in [6.45, 7) is 6.49. The number of halogens is 1. The number of nitrogens with zero attached hydrogens (tertiary/aromatic N) is 6. The minimum atomic E-state index is -0.809. The van der Waals surface area contributed by atoms with E-state index in [2.05, 4.69) is 26.8 Å². The lowest BCUT2D eigenvalue weighted by atomic mass is 9.95. The van der Waals surface area contributed by atoms with E-state index in [9.17, 15) is 9.65 Å². The molecule has 4 rings (SSSR count). The molecule has 1 aromatic rings. The number of anilines is 1. The van der Waals surface area contributed by atoms with E-state index in [4.69, 9.17) is 9.47 Å². The minimum Gasteiger partial charge on any atom is -0.461 e. The van der Waals surface area contributed by atoms with E-state index in [1.54, 1.807) is 0 Å². The van der Waals surface area contributed by atoms with Gasteiger partial charge < -0.3 is 14.4 Å². The summed E-state index contributed by atoms with van der Waals surface area (Å²) in [5.74, 6) is 0.804. The maximum atomic E-state index is 13.9. The molecule has 0 saturated carbocycles. The van der Waals surface area contributed by atoms with Crippen molar-refractivity contribution in [3.05, 3.63) is 5.82 Å². The van der Waals surface area contributed by atoms with E-state index in [1.165, 1.54) is 0 Å². The molecule has 0 N–H and O–H groups in total. The van der Waals surface area contributed by atoms with E-state index >= 15 is 0 Å². The molecule has 0 amide bonds. The Balaban J connectivity index is 1.52. The predicted molar refractivity (Wildman–Crippen MR) is 95.3 cm³/mol. The fraction of sp³-hybridized carbons (Fsp3) is 0.778. The standard InChI is InChI=1S/C18H25FN6O2/c1-13-9-24(5-6-26-11-13)16-21-15(8-20)22-17(23-16)27-12-18-3-2-4-25(18)10-14(19)7-18/h13-14H,2-7,9-12H2,1H3/t13?,14-,18+/m1/s1. The van der Waals surface area contributed by atoms with Gasteiger partial charge in [0.2, 0.25) is 11.8 Å². The van der Waals surface area contributed by atoms with Gasteiger partial charge in [0.25, 0.3) is 0 Å². The largest absolute Gasteiger partial charge is 0.461 e. The van der Waals surface area contributed by atoms with Gasteiger partial charge in [-0.3, -0.25) is 4.90 Å². The Morgan fingerprint density at radius 1 is 1.33 bits per heavy atom. The lowest BCUT2D eigenvalue weighted by Crippen LogP contribution is -2.43. The number of aromatic nitrogens is 3. The van der Waals surface area contributed by atoms with Gasteiger partial charge in [0, 0.05) is 26.1 Å². The summed E-state index contributed by atoms with van der Waals surface area (Å²) in [5, 5.41) is 9.30. The van der Waals surface area contributed by atoms with Crippen LogP contribution in [0.4, 0.5) is 10.3 Å². The fourth-order valence-electron chi connectivity index (χ4n) is 4.41. The summed E-state index contributed by atoms with van der Waals surface area (Å²) < 4.78 is 25.4. The number of hydrogen-bond acceptors (Lipinski definition) is 8. The van der Waals surface area contributed by atoms with Crippen molar-refractivity contribution >= 4 is 5.95 Å². The quantitative estimate of drug-likeness (QED) is 0.774. The monoisotopic (exact) mass is 376 g/mol. The third-order valence-electron chi connectivity index (χ3n) is 5.66. The second-order valence-corrected chi connectivity index (χ2v) is 7.84. The molecule has 8 nitrogen and oxygen atoms in total. The second kappa shape index (κ2) is 7.52. The Hall–Kier alpha value is -2.05. The average molecular weight is 376 g/mol. The molecule has 3 fully saturated rings. The van der Waals surface area contributed by atoms with Crippen molar-refractivity contribution in [3.8, 4) is 12.1 Å². The Morgan fingerprint density at radius 3 is 3.07 bits per heavy atom. The van der Waals surface area contributed by atoms with Crippen molar-refractivity contribution in [1.29, 1.82) is 5.26 Å². The van der Waals surface area contributed by atoms with E-state index in [0.29, 0.717) is 51.2 Å². The van der Waals surface area contributed by atoms with Crippen LogP contribution in [-0.4, -0.2) is 77.6 Å². The van der Waals surface area contributed by atoms with Crippen molar-refractivity contribution in [2.75, 3.05) is 50.9 Å². The SMILES string of the molecule is CC1COCCN(c2nc(C#N)nc(OC[C@@]34CCCN3C[C@H](F)C4)n2)C1. The topological polar surface area (TPSA) is 87.4 Å². The zero-order chi connectivity index (χ0) is 18.9. The summed E-state index contributed by atoms with van der Waals surface area (Å²) in [6, 6.07) is 2.12. The maximum absolute atomic E-state index is 13.9. The molecule has 0 aromatic carbocycles. The highest BCUT2D eigenvalue weighted by Gasteiger charge is 2.49. The first-order valence-corrected chi connectivity index (χ1v) is 9.59. The van der Waals surface area contributed by atoms with Gasteiger partial charge in [-0.2, -0.15) is 20.2 Å². The van der Waals surface area contributed by atoms with E-state index < -0.39 is 6.17 Å². The Bertz CT molecular complexity index is 728. The van der Waals surface area contributed by atoms with Crippen LogP contribution in [-0.2, 0) is 4.74 Å². The molecule has 9 heteroatoms. The molecule has 1 aromatic heterocycles. The third kappa shape index (κ3) is 3.82. The smallest absolute Gasteiger partial charge is 0.322 e. The van der Waals surface area contributed by atoms with Crippen LogP contribution in [0.25, 0.3) is 0 Å². The Morgan fingerprint density at radius 2 is 2.22 bits per heavy atom. The van der Waals surface area contributed by atoms with Crippen LogP contribution in [0.2, 0.25) is 0 Å². The zero-order valence-electron chi connectivity index (χ0n) is 15.6. The molecule has 3 aliphatic rings. The number of rotatable bonds is 4. The molecule has 3 aliphatic heterocycles. The summed E-state index contributed by atoms with van der Waals surface area (Å²) in [7, 11) is 0. The van der Waals surface area contributed by atoms with Crippen LogP contribution in [0.15, 0.2) is 0 Å². The Kier molecular flexibility index (Phi) is 5.10. The third-order valence-corrected chi connectivity index (χ3v) is 5.66. The van der Waals surface area contributed by atoms with Crippen LogP contribution in [0.3, 0.4) is 0 Å². The van der Waals surface area contributed by atoms with Crippen molar-refractivity contribution in [3.63, 3.8) is 0 Å². The number of fused-ring (bicyclic) bond motifs is 1. The van der Waals surface area contributed by atoms with Gasteiger partial charge in [-0.1, -0.05) is 6.92 Å². The van der Waals surface area contributed by atoms with Gasteiger partial charge in [0.1, 0.15) is 18.8 Å².